The summed E-state index contributed by atoms with van der Waals surface area (Å²) in [6, 6.07) is 0. The topological polar surface area (TPSA) is 49.9 Å². The summed E-state index contributed by atoms with van der Waals surface area (Å²) >= 11 is 0. The summed E-state index contributed by atoms with van der Waals surface area (Å²) in [7, 11) is -0.118. The summed E-state index contributed by atoms with van der Waals surface area (Å²) < 4.78 is 32.8. The standard InChI is InChI=1S/C13H26N2O3S/c1-14(2)19(16,17)15-8-9-18-13(11-15)10-12-6-4-3-5-7-12/h12-13H,3-11H2,1-2H3. The average molecular weight is 290 g/mol. The smallest absolute Gasteiger partial charge is 0.281 e. The predicted octanol–water partition coefficient (Wildman–Crippen LogP) is 1.46. The van der Waals surface area contributed by atoms with Crippen LogP contribution >= 0.6 is 0 Å². The van der Waals surface area contributed by atoms with Crippen LogP contribution in [0.2, 0.25) is 0 Å². The summed E-state index contributed by atoms with van der Waals surface area (Å²) in [4.78, 5) is 0. The van der Waals surface area contributed by atoms with E-state index in [9.17, 15) is 8.42 Å². The molecule has 1 aliphatic heterocycles. The zero-order valence-corrected chi connectivity index (χ0v) is 12.9. The van der Waals surface area contributed by atoms with Crippen molar-refractivity contribution < 1.29 is 13.2 Å². The van der Waals surface area contributed by atoms with E-state index in [4.69, 9.17) is 4.74 Å². The maximum atomic E-state index is 12.1. The largest absolute Gasteiger partial charge is 0.375 e. The van der Waals surface area contributed by atoms with Crippen LogP contribution in [-0.2, 0) is 14.9 Å². The summed E-state index contributed by atoms with van der Waals surface area (Å²) in [5, 5.41) is 0. The van der Waals surface area contributed by atoms with Crippen molar-refractivity contribution in [2.45, 2.75) is 44.6 Å². The summed E-state index contributed by atoms with van der Waals surface area (Å²) in [5.41, 5.74) is 0. The van der Waals surface area contributed by atoms with Crippen LogP contribution in [0, 0.1) is 5.92 Å². The van der Waals surface area contributed by atoms with Crippen LogP contribution in [0.3, 0.4) is 0 Å². The van der Waals surface area contributed by atoms with Crippen molar-refractivity contribution in [2.24, 2.45) is 5.92 Å². The lowest BCUT2D eigenvalue weighted by atomic mass is 9.85. The lowest BCUT2D eigenvalue weighted by Gasteiger charge is -2.35. The molecule has 0 spiro atoms. The Bertz CT molecular complexity index is 377. The first-order valence-corrected chi connectivity index (χ1v) is 8.69. The molecule has 2 aliphatic rings. The molecule has 19 heavy (non-hydrogen) atoms. The molecule has 0 bridgehead atoms. The van der Waals surface area contributed by atoms with Crippen molar-refractivity contribution in [3.63, 3.8) is 0 Å². The van der Waals surface area contributed by atoms with Gasteiger partial charge in [-0.1, -0.05) is 32.1 Å². The third-order valence-electron chi connectivity index (χ3n) is 4.21. The Morgan fingerprint density at radius 3 is 2.53 bits per heavy atom. The maximum absolute atomic E-state index is 12.1. The van der Waals surface area contributed by atoms with E-state index >= 15 is 0 Å². The fourth-order valence-electron chi connectivity index (χ4n) is 3.07. The van der Waals surface area contributed by atoms with Gasteiger partial charge in [-0.2, -0.15) is 17.0 Å². The van der Waals surface area contributed by atoms with E-state index in [-0.39, 0.29) is 6.10 Å². The van der Waals surface area contributed by atoms with Gasteiger partial charge in [0.1, 0.15) is 0 Å². The Hall–Kier alpha value is -0.170. The van der Waals surface area contributed by atoms with Gasteiger partial charge in [-0.3, -0.25) is 0 Å². The second-order valence-electron chi connectivity index (χ2n) is 5.88. The molecular weight excluding hydrogens is 264 g/mol. The van der Waals surface area contributed by atoms with Gasteiger partial charge in [0, 0.05) is 27.2 Å². The van der Waals surface area contributed by atoms with Gasteiger partial charge in [0.05, 0.1) is 12.7 Å². The predicted molar refractivity (Wildman–Crippen MR) is 75.1 cm³/mol. The Morgan fingerprint density at radius 2 is 1.89 bits per heavy atom. The minimum atomic E-state index is -3.29. The lowest BCUT2D eigenvalue weighted by molar-refractivity contribution is -0.0179. The molecule has 6 heteroatoms. The molecule has 5 nitrogen and oxygen atoms in total. The fraction of sp³-hybridized carbons (Fsp3) is 1.00. The van der Waals surface area contributed by atoms with Gasteiger partial charge in [-0.15, -0.1) is 0 Å². The molecule has 1 aliphatic carbocycles. The maximum Gasteiger partial charge on any atom is 0.281 e. The molecular formula is C13H26N2O3S. The zero-order chi connectivity index (χ0) is 13.9. The SMILES string of the molecule is CN(C)S(=O)(=O)N1CCOC(CC2CCCCC2)C1. The van der Waals surface area contributed by atoms with Crippen LogP contribution in [0.5, 0.6) is 0 Å². The minimum Gasteiger partial charge on any atom is -0.375 e. The van der Waals surface area contributed by atoms with E-state index in [0.29, 0.717) is 19.7 Å². The highest BCUT2D eigenvalue weighted by atomic mass is 32.2. The molecule has 0 N–H and O–H groups in total. The van der Waals surface area contributed by atoms with E-state index in [1.165, 1.54) is 36.4 Å². The summed E-state index contributed by atoms with van der Waals surface area (Å²) in [6.45, 7) is 1.50. The monoisotopic (exact) mass is 290 g/mol. The minimum absolute atomic E-state index is 0.0755. The van der Waals surface area contributed by atoms with Crippen LogP contribution in [0.1, 0.15) is 38.5 Å². The molecule has 2 rings (SSSR count). The molecule has 0 aromatic carbocycles. The van der Waals surface area contributed by atoms with Gasteiger partial charge in [0.2, 0.25) is 0 Å². The highest BCUT2D eigenvalue weighted by Crippen LogP contribution is 2.29. The zero-order valence-electron chi connectivity index (χ0n) is 12.0. The molecule has 1 atom stereocenters. The van der Waals surface area contributed by atoms with Crippen LogP contribution in [-0.4, -0.2) is 56.9 Å². The molecule has 0 amide bonds. The molecule has 1 saturated heterocycles. The van der Waals surface area contributed by atoms with Crippen LogP contribution < -0.4 is 0 Å². The average Bonchev–Trinajstić information content (AvgIpc) is 2.40. The Kier molecular flexibility index (Phi) is 5.22. The van der Waals surface area contributed by atoms with Gasteiger partial charge in [-0.05, 0) is 12.3 Å². The quantitative estimate of drug-likeness (QED) is 0.787. The number of morpholine rings is 1. The van der Waals surface area contributed by atoms with Crippen molar-refractivity contribution in [1.82, 2.24) is 8.61 Å². The second-order valence-corrected chi connectivity index (χ2v) is 8.02. The molecule has 2 fully saturated rings. The fourth-order valence-corrected chi connectivity index (χ4v) is 4.19. The van der Waals surface area contributed by atoms with E-state index in [1.807, 2.05) is 0 Å². The molecule has 0 aromatic heterocycles. The highest BCUT2D eigenvalue weighted by molar-refractivity contribution is 7.86. The Morgan fingerprint density at radius 1 is 1.21 bits per heavy atom. The van der Waals surface area contributed by atoms with E-state index in [2.05, 4.69) is 0 Å². The third kappa shape index (κ3) is 3.90. The van der Waals surface area contributed by atoms with E-state index in [1.54, 1.807) is 18.4 Å². The van der Waals surface area contributed by atoms with Gasteiger partial charge in [-0.25, -0.2) is 0 Å². The Labute approximate surface area is 117 Å². The van der Waals surface area contributed by atoms with Crippen molar-refractivity contribution in [2.75, 3.05) is 33.8 Å². The van der Waals surface area contributed by atoms with Crippen LogP contribution in [0.15, 0.2) is 0 Å². The number of rotatable bonds is 4. The molecule has 1 saturated carbocycles. The summed E-state index contributed by atoms with van der Waals surface area (Å²) in [5.74, 6) is 0.723. The second kappa shape index (κ2) is 6.52. The highest BCUT2D eigenvalue weighted by Gasteiger charge is 2.32. The van der Waals surface area contributed by atoms with E-state index in [0.717, 1.165) is 12.3 Å². The van der Waals surface area contributed by atoms with Gasteiger partial charge >= 0.3 is 0 Å². The number of hydrogen-bond donors (Lipinski definition) is 0. The number of ether oxygens (including phenoxy) is 1. The number of nitrogens with zero attached hydrogens (tertiary/aromatic N) is 2. The van der Waals surface area contributed by atoms with Crippen molar-refractivity contribution in [3.05, 3.63) is 0 Å². The van der Waals surface area contributed by atoms with Gasteiger partial charge in [0.15, 0.2) is 0 Å². The van der Waals surface area contributed by atoms with Gasteiger partial charge < -0.3 is 4.74 Å². The Balaban J connectivity index is 1.90. The normalized spacial score (nSPS) is 27.8. The number of hydrogen-bond acceptors (Lipinski definition) is 3. The van der Waals surface area contributed by atoms with E-state index < -0.39 is 10.2 Å². The molecule has 0 radical (unpaired) electrons. The first-order valence-electron chi connectivity index (χ1n) is 7.29. The lowest BCUT2D eigenvalue weighted by Crippen LogP contribution is -2.49. The third-order valence-corrected chi connectivity index (χ3v) is 6.12. The van der Waals surface area contributed by atoms with Crippen molar-refractivity contribution in [1.29, 1.82) is 0 Å². The van der Waals surface area contributed by atoms with Crippen LogP contribution in [0.4, 0.5) is 0 Å². The van der Waals surface area contributed by atoms with Crippen molar-refractivity contribution >= 4 is 10.2 Å². The molecule has 1 heterocycles. The molecule has 1 unspecified atom stereocenters. The van der Waals surface area contributed by atoms with Crippen molar-refractivity contribution in [3.8, 4) is 0 Å². The molecule has 0 aromatic rings. The summed E-state index contributed by atoms with van der Waals surface area (Å²) in [6.07, 6.45) is 7.63. The van der Waals surface area contributed by atoms with Gasteiger partial charge in [0.25, 0.3) is 10.2 Å². The molecule has 112 valence electrons. The first-order chi connectivity index (χ1) is 9.00. The van der Waals surface area contributed by atoms with Crippen LogP contribution in [0.25, 0.3) is 0 Å². The first kappa shape index (κ1) is 15.2.